The molecule has 5 unspecified atom stereocenters. The minimum absolute atomic E-state index is 0.00147. The summed E-state index contributed by atoms with van der Waals surface area (Å²) >= 11 is 2.24. The number of hydrogen-bond acceptors (Lipinski definition) is 3. The maximum absolute atomic E-state index is 13.5. The van der Waals surface area contributed by atoms with Crippen LogP contribution in [0.3, 0.4) is 0 Å². The van der Waals surface area contributed by atoms with E-state index in [0.717, 1.165) is 37.4 Å². The van der Waals surface area contributed by atoms with Gasteiger partial charge in [0, 0.05) is 10.5 Å². The van der Waals surface area contributed by atoms with Gasteiger partial charge in [0.25, 0.3) is 0 Å². The van der Waals surface area contributed by atoms with Crippen LogP contribution in [0, 0.1) is 17.3 Å². The zero-order valence-electron chi connectivity index (χ0n) is 17.9. The first-order valence-corrected chi connectivity index (χ1v) is 14.5. The van der Waals surface area contributed by atoms with Crippen LogP contribution in [-0.2, 0) is 9.84 Å². The summed E-state index contributed by atoms with van der Waals surface area (Å²) in [6.07, 6.45) is 15.7. The van der Waals surface area contributed by atoms with Crippen molar-refractivity contribution in [1.29, 1.82) is 0 Å². The molecule has 0 aromatic rings. The first kappa shape index (κ1) is 22.0. The second kappa shape index (κ2) is 9.41. The van der Waals surface area contributed by atoms with E-state index in [1.54, 1.807) is 0 Å². The molecule has 0 bridgehead atoms. The minimum Gasteiger partial charge on any atom is -0.229 e. The molecule has 3 fully saturated rings. The van der Waals surface area contributed by atoms with E-state index < -0.39 is 9.84 Å². The molecule has 1 heterocycles. The summed E-state index contributed by atoms with van der Waals surface area (Å²) in [7, 11) is -2.99. The molecule has 0 aromatic heterocycles. The molecular formula is C23H42O2S2. The Hall–Kier alpha value is 0.300. The average molecular weight is 415 g/mol. The molecule has 158 valence electrons. The third-order valence-corrected chi connectivity index (χ3v) is 12.6. The van der Waals surface area contributed by atoms with E-state index in [-0.39, 0.29) is 10.7 Å². The highest BCUT2D eigenvalue weighted by molar-refractivity contribution is 8.00. The maximum atomic E-state index is 13.5. The maximum Gasteiger partial charge on any atom is 0.154 e. The molecule has 2 aliphatic carbocycles. The van der Waals surface area contributed by atoms with Crippen LogP contribution in [0.5, 0.6) is 0 Å². The van der Waals surface area contributed by atoms with Crippen molar-refractivity contribution in [3.8, 4) is 0 Å². The lowest BCUT2D eigenvalue weighted by molar-refractivity contribution is 0.153. The number of hydrogen-bond donors (Lipinski definition) is 0. The van der Waals surface area contributed by atoms with E-state index in [1.165, 1.54) is 51.4 Å². The van der Waals surface area contributed by atoms with Gasteiger partial charge < -0.3 is 0 Å². The lowest BCUT2D eigenvalue weighted by Crippen LogP contribution is -2.41. The van der Waals surface area contributed by atoms with E-state index >= 15 is 0 Å². The molecule has 3 rings (SSSR count). The monoisotopic (exact) mass is 414 g/mol. The fourth-order valence-corrected chi connectivity index (χ4v) is 11.6. The predicted octanol–water partition coefficient (Wildman–Crippen LogP) is 6.63. The van der Waals surface area contributed by atoms with Crippen molar-refractivity contribution in [1.82, 2.24) is 0 Å². The van der Waals surface area contributed by atoms with Crippen LogP contribution >= 0.6 is 11.8 Å². The van der Waals surface area contributed by atoms with Gasteiger partial charge in [0.05, 0.1) is 11.0 Å². The first-order valence-electron chi connectivity index (χ1n) is 11.8. The van der Waals surface area contributed by atoms with Gasteiger partial charge in [0.1, 0.15) is 0 Å². The molecule has 2 saturated carbocycles. The fraction of sp³-hybridized carbons (Fsp3) is 1.00. The smallest absolute Gasteiger partial charge is 0.154 e. The first-order chi connectivity index (χ1) is 12.9. The molecular weight excluding hydrogens is 372 g/mol. The molecule has 5 atom stereocenters. The van der Waals surface area contributed by atoms with E-state index in [1.807, 2.05) is 0 Å². The summed E-state index contributed by atoms with van der Waals surface area (Å²) in [5, 5.41) is 1.27. The standard InChI is InChI=1S/C23H42O2S2/c1-4-6-16-23(5-2)17-27(24,25)21-15-11-10-14-20(21)22(18(23)3)26-19-12-8-7-9-13-19/h18-22H,4-17H2,1-3H3. The van der Waals surface area contributed by atoms with E-state index in [9.17, 15) is 8.42 Å². The summed E-state index contributed by atoms with van der Waals surface area (Å²) in [5.74, 6) is 1.38. The van der Waals surface area contributed by atoms with Crippen LogP contribution in [0.2, 0.25) is 0 Å². The van der Waals surface area contributed by atoms with Crippen LogP contribution in [0.25, 0.3) is 0 Å². The number of fused-ring (bicyclic) bond motifs is 1. The Kier molecular flexibility index (Phi) is 7.66. The van der Waals surface area contributed by atoms with Gasteiger partial charge in [-0.05, 0) is 55.8 Å². The van der Waals surface area contributed by atoms with Gasteiger partial charge in [0.15, 0.2) is 9.84 Å². The van der Waals surface area contributed by atoms with Crippen molar-refractivity contribution >= 4 is 21.6 Å². The van der Waals surface area contributed by atoms with E-state index in [4.69, 9.17) is 0 Å². The van der Waals surface area contributed by atoms with Gasteiger partial charge in [-0.15, -0.1) is 0 Å². The molecule has 2 nitrogen and oxygen atoms in total. The van der Waals surface area contributed by atoms with Gasteiger partial charge in [-0.25, -0.2) is 8.42 Å². The lowest BCUT2D eigenvalue weighted by atomic mass is 9.67. The minimum atomic E-state index is -2.99. The number of rotatable bonds is 6. The third kappa shape index (κ3) is 4.73. The second-order valence-corrected chi connectivity index (χ2v) is 13.5. The molecule has 27 heavy (non-hydrogen) atoms. The summed E-state index contributed by atoms with van der Waals surface area (Å²) in [6.45, 7) is 6.94. The fourth-order valence-electron chi connectivity index (χ4n) is 6.38. The Morgan fingerprint density at radius 3 is 2.30 bits per heavy atom. The van der Waals surface area contributed by atoms with Gasteiger partial charge >= 0.3 is 0 Å². The zero-order valence-corrected chi connectivity index (χ0v) is 19.6. The molecule has 1 aliphatic heterocycles. The number of unbranched alkanes of at least 4 members (excludes halogenated alkanes) is 1. The lowest BCUT2D eigenvalue weighted by Gasteiger charge is -2.44. The molecule has 0 N–H and O–H groups in total. The Bertz CT molecular complexity index is 567. The van der Waals surface area contributed by atoms with Gasteiger partial charge in [0.2, 0.25) is 0 Å². The summed E-state index contributed by atoms with van der Waals surface area (Å²) in [6, 6.07) is 0. The van der Waals surface area contributed by atoms with Crippen LogP contribution < -0.4 is 0 Å². The molecule has 0 spiro atoms. The molecule has 1 saturated heterocycles. The van der Waals surface area contributed by atoms with Crippen molar-refractivity contribution in [3.05, 3.63) is 0 Å². The third-order valence-electron chi connectivity index (χ3n) is 8.22. The topological polar surface area (TPSA) is 34.1 Å². The summed E-state index contributed by atoms with van der Waals surface area (Å²) in [4.78, 5) is 0. The largest absolute Gasteiger partial charge is 0.229 e. The highest BCUT2D eigenvalue weighted by atomic mass is 32.2. The average Bonchev–Trinajstić information content (AvgIpc) is 2.75. The molecule has 0 amide bonds. The summed E-state index contributed by atoms with van der Waals surface area (Å²) in [5.41, 5.74) is -0.00147. The molecule has 3 aliphatic rings. The quantitative estimate of drug-likeness (QED) is 0.489. The van der Waals surface area contributed by atoms with Gasteiger partial charge in [-0.3, -0.25) is 0 Å². The number of sulfone groups is 1. The Morgan fingerprint density at radius 2 is 1.63 bits per heavy atom. The van der Waals surface area contributed by atoms with Gasteiger partial charge in [-0.2, -0.15) is 11.8 Å². The van der Waals surface area contributed by atoms with Crippen LogP contribution in [0.1, 0.15) is 104 Å². The SMILES string of the molecule is CCCCC1(CC)CS(=O)(=O)C2CCCCC2C(SC2CCCCC2)C1C. The number of thioether (sulfide) groups is 1. The molecule has 4 heteroatoms. The highest BCUT2D eigenvalue weighted by Crippen LogP contribution is 2.54. The highest BCUT2D eigenvalue weighted by Gasteiger charge is 2.53. The van der Waals surface area contributed by atoms with Crippen molar-refractivity contribution in [3.63, 3.8) is 0 Å². The van der Waals surface area contributed by atoms with E-state index in [0.29, 0.717) is 22.8 Å². The Labute approximate surface area is 172 Å². The molecule has 0 aromatic carbocycles. The normalized spacial score (nSPS) is 40.3. The van der Waals surface area contributed by atoms with E-state index in [2.05, 4.69) is 32.5 Å². The predicted molar refractivity (Wildman–Crippen MR) is 119 cm³/mol. The van der Waals surface area contributed by atoms with Crippen molar-refractivity contribution in [2.75, 3.05) is 5.75 Å². The Morgan fingerprint density at radius 1 is 0.963 bits per heavy atom. The van der Waals surface area contributed by atoms with Crippen LogP contribution in [-0.4, -0.2) is 29.9 Å². The zero-order chi connectivity index (χ0) is 19.5. The van der Waals surface area contributed by atoms with Crippen molar-refractivity contribution in [2.24, 2.45) is 17.3 Å². The Balaban J connectivity index is 1.95. The van der Waals surface area contributed by atoms with Crippen molar-refractivity contribution < 1.29 is 8.42 Å². The van der Waals surface area contributed by atoms with Crippen molar-refractivity contribution in [2.45, 2.75) is 120 Å². The summed E-state index contributed by atoms with van der Waals surface area (Å²) < 4.78 is 27.1. The second-order valence-electron chi connectivity index (χ2n) is 9.76. The molecule has 0 radical (unpaired) electrons. The van der Waals surface area contributed by atoms with Crippen LogP contribution in [0.4, 0.5) is 0 Å². The van der Waals surface area contributed by atoms with Crippen LogP contribution in [0.15, 0.2) is 0 Å². The van der Waals surface area contributed by atoms with Gasteiger partial charge in [-0.1, -0.05) is 65.7 Å².